The molecule has 0 amide bonds. The van der Waals surface area contributed by atoms with Crippen molar-refractivity contribution in [2.75, 3.05) is 0 Å². The van der Waals surface area contributed by atoms with Crippen LogP contribution in [0.1, 0.15) is 0 Å². The van der Waals surface area contributed by atoms with Gasteiger partial charge in [0, 0.05) is 15.7 Å². The molecule has 35 heavy (non-hydrogen) atoms. The highest BCUT2D eigenvalue weighted by Gasteiger charge is 2.37. The fourth-order valence-electron chi connectivity index (χ4n) is 2.87. The van der Waals surface area contributed by atoms with Crippen molar-refractivity contribution in [3.8, 4) is 0 Å². The average Bonchev–Trinajstić information content (AvgIpc) is 2.67. The standard InChI is InChI=1S/C18H6BrCl7O6S3/c19-14-12(33(27,28)11-3-1-2-8(21)15(11)24)6-13(35(26,31)32)16(25)18(14)34(29,30)17-9(22)4-7(20)5-10(17)23/h1-6H. The average molecular weight is 743 g/mol. The lowest BCUT2D eigenvalue weighted by Crippen LogP contribution is -2.12. The minimum Gasteiger partial charge on any atom is -0.218 e. The molecule has 0 aromatic heterocycles. The van der Waals surface area contributed by atoms with Gasteiger partial charge in [-0.2, -0.15) is 0 Å². The topological polar surface area (TPSA) is 102 Å². The summed E-state index contributed by atoms with van der Waals surface area (Å²) < 4.78 is 78.1. The van der Waals surface area contributed by atoms with Gasteiger partial charge in [0.2, 0.25) is 19.7 Å². The van der Waals surface area contributed by atoms with E-state index in [4.69, 9.17) is 80.3 Å². The molecule has 0 fully saturated rings. The molecule has 3 aromatic carbocycles. The molecule has 6 nitrogen and oxygen atoms in total. The Hall–Kier alpha value is 0.0200. The number of hydrogen-bond donors (Lipinski definition) is 0. The number of rotatable bonds is 5. The maximum absolute atomic E-state index is 13.6. The normalized spacial score (nSPS) is 12.7. The van der Waals surface area contributed by atoms with E-state index in [9.17, 15) is 25.3 Å². The lowest BCUT2D eigenvalue weighted by atomic mass is 10.3. The Labute approximate surface area is 243 Å². The zero-order valence-corrected chi connectivity index (χ0v) is 25.5. The van der Waals surface area contributed by atoms with Crippen molar-refractivity contribution in [2.24, 2.45) is 0 Å². The maximum atomic E-state index is 13.6. The Bertz CT molecular complexity index is 1700. The Morgan fingerprint density at radius 3 is 1.66 bits per heavy atom. The van der Waals surface area contributed by atoms with E-state index in [1.165, 1.54) is 12.1 Å². The minimum atomic E-state index is -4.89. The van der Waals surface area contributed by atoms with Crippen LogP contribution in [0.25, 0.3) is 0 Å². The van der Waals surface area contributed by atoms with E-state index in [-0.39, 0.29) is 15.1 Å². The van der Waals surface area contributed by atoms with Crippen LogP contribution in [0.2, 0.25) is 30.1 Å². The summed E-state index contributed by atoms with van der Waals surface area (Å²) in [5.41, 5.74) is 0. The van der Waals surface area contributed by atoms with Crippen molar-refractivity contribution in [3.63, 3.8) is 0 Å². The first-order valence-corrected chi connectivity index (χ1v) is 16.8. The summed E-state index contributed by atoms with van der Waals surface area (Å²) in [6.07, 6.45) is 0. The fraction of sp³-hybridized carbons (Fsp3) is 0. The number of sulfone groups is 2. The highest BCUT2D eigenvalue weighted by atomic mass is 79.9. The van der Waals surface area contributed by atoms with Crippen LogP contribution in [0.4, 0.5) is 0 Å². The van der Waals surface area contributed by atoms with Gasteiger partial charge in [-0.15, -0.1) is 0 Å². The second-order valence-electron chi connectivity index (χ2n) is 6.53. The van der Waals surface area contributed by atoms with E-state index in [0.29, 0.717) is 6.07 Å². The highest BCUT2D eigenvalue weighted by molar-refractivity contribution is 9.10. The summed E-state index contributed by atoms with van der Waals surface area (Å²) in [5.74, 6) is 0. The van der Waals surface area contributed by atoms with Crippen molar-refractivity contribution in [3.05, 3.63) is 71.0 Å². The van der Waals surface area contributed by atoms with Crippen LogP contribution in [0.3, 0.4) is 0 Å². The first-order chi connectivity index (χ1) is 15.9. The van der Waals surface area contributed by atoms with Crippen LogP contribution in [0.15, 0.2) is 65.3 Å². The first kappa shape index (κ1) is 29.6. The van der Waals surface area contributed by atoms with Gasteiger partial charge in [-0.3, -0.25) is 0 Å². The van der Waals surface area contributed by atoms with Crippen molar-refractivity contribution < 1.29 is 25.3 Å². The maximum Gasteiger partial charge on any atom is 0.262 e. The summed E-state index contributed by atoms with van der Waals surface area (Å²) in [5, 5.41) is -2.31. The van der Waals surface area contributed by atoms with Gasteiger partial charge >= 0.3 is 0 Å². The summed E-state index contributed by atoms with van der Waals surface area (Å²) in [6.45, 7) is 0. The zero-order chi connectivity index (χ0) is 26.7. The smallest absolute Gasteiger partial charge is 0.218 e. The molecule has 0 radical (unpaired) electrons. The summed E-state index contributed by atoms with van der Waals surface area (Å²) in [4.78, 5) is -4.09. The Balaban J connectivity index is 2.54. The third-order valence-electron chi connectivity index (χ3n) is 4.35. The number of halogens is 8. The lowest BCUT2D eigenvalue weighted by Gasteiger charge is -2.17. The van der Waals surface area contributed by atoms with Crippen LogP contribution in [0.5, 0.6) is 0 Å². The number of hydrogen-bond acceptors (Lipinski definition) is 6. The van der Waals surface area contributed by atoms with E-state index in [1.54, 1.807) is 0 Å². The van der Waals surface area contributed by atoms with Crippen LogP contribution >= 0.6 is 96.2 Å². The van der Waals surface area contributed by atoms with Gasteiger partial charge in [0.1, 0.15) is 14.7 Å². The van der Waals surface area contributed by atoms with E-state index >= 15 is 0 Å². The second-order valence-corrected chi connectivity index (χ2v) is 16.0. The molecule has 17 heteroatoms. The summed E-state index contributed by atoms with van der Waals surface area (Å²) >= 11 is 39.1. The van der Waals surface area contributed by atoms with Gasteiger partial charge < -0.3 is 0 Å². The van der Waals surface area contributed by atoms with Gasteiger partial charge in [0.15, 0.2) is 0 Å². The number of benzene rings is 3. The third-order valence-corrected chi connectivity index (χ3v) is 13.4. The van der Waals surface area contributed by atoms with Gasteiger partial charge in [0.25, 0.3) is 9.05 Å². The van der Waals surface area contributed by atoms with E-state index in [2.05, 4.69) is 15.9 Å². The largest absolute Gasteiger partial charge is 0.262 e. The molecule has 0 heterocycles. The van der Waals surface area contributed by atoms with Crippen LogP contribution in [-0.2, 0) is 28.7 Å². The SMILES string of the molecule is O=S(=O)(Cl)c1cc(S(=O)(=O)c2cccc(Cl)c2Cl)c(Br)c(S(=O)(=O)c2c(Cl)cc(Cl)cc2Cl)c1Cl. The van der Waals surface area contributed by atoms with Crippen LogP contribution in [0, 0.1) is 0 Å². The Morgan fingerprint density at radius 2 is 1.14 bits per heavy atom. The van der Waals surface area contributed by atoms with Crippen molar-refractivity contribution >= 4 is 125 Å². The third kappa shape index (κ3) is 5.45. The minimum absolute atomic E-state index is 0.0000595. The lowest BCUT2D eigenvalue weighted by molar-refractivity contribution is 0.592. The van der Waals surface area contributed by atoms with Crippen molar-refractivity contribution in [1.29, 1.82) is 0 Å². The Morgan fingerprint density at radius 1 is 0.600 bits per heavy atom. The second kappa shape index (κ2) is 10.3. The molecule has 0 atom stereocenters. The molecular weight excluding hydrogens is 736 g/mol. The molecule has 0 saturated heterocycles. The molecule has 0 bridgehead atoms. The van der Waals surface area contributed by atoms with E-state index in [1.807, 2.05) is 0 Å². The van der Waals surface area contributed by atoms with Crippen LogP contribution < -0.4 is 0 Å². The first-order valence-electron chi connectivity index (χ1n) is 8.47. The van der Waals surface area contributed by atoms with Crippen molar-refractivity contribution in [2.45, 2.75) is 24.5 Å². The van der Waals surface area contributed by atoms with Crippen molar-refractivity contribution in [1.82, 2.24) is 0 Å². The molecule has 3 aromatic rings. The fourth-order valence-corrected chi connectivity index (χ4v) is 11.7. The molecule has 0 aliphatic heterocycles. The van der Waals surface area contributed by atoms with E-state index in [0.717, 1.165) is 18.2 Å². The molecule has 0 unspecified atom stereocenters. The molecule has 0 aliphatic carbocycles. The molecule has 188 valence electrons. The van der Waals surface area contributed by atoms with Gasteiger partial charge in [-0.1, -0.05) is 75.7 Å². The summed E-state index contributed by atoms with van der Waals surface area (Å²) in [7, 11) is -8.93. The molecule has 0 N–H and O–H groups in total. The molecule has 0 saturated carbocycles. The summed E-state index contributed by atoms with van der Waals surface area (Å²) in [6, 6.07) is 6.39. The zero-order valence-electron chi connectivity index (χ0n) is 16.2. The van der Waals surface area contributed by atoms with Gasteiger partial charge in [-0.25, -0.2) is 25.3 Å². The quantitative estimate of drug-likeness (QED) is 0.246. The van der Waals surface area contributed by atoms with Gasteiger partial charge in [0.05, 0.1) is 39.4 Å². The Kier molecular flexibility index (Phi) is 8.70. The highest BCUT2D eigenvalue weighted by Crippen LogP contribution is 2.47. The predicted molar refractivity (Wildman–Crippen MR) is 141 cm³/mol. The van der Waals surface area contributed by atoms with E-state index < -0.39 is 72.7 Å². The molecule has 0 spiro atoms. The predicted octanol–water partition coefficient (Wildman–Crippen LogP) is 7.96. The monoisotopic (exact) mass is 738 g/mol. The molecule has 0 aliphatic rings. The van der Waals surface area contributed by atoms with Crippen LogP contribution in [-0.4, -0.2) is 25.3 Å². The molecule has 3 rings (SSSR count). The van der Waals surface area contributed by atoms with Gasteiger partial charge in [-0.05, 0) is 46.3 Å². The molecular formula is C18H6BrCl7O6S3.